The highest BCUT2D eigenvalue weighted by molar-refractivity contribution is 5.91. The molecule has 1 amide bonds. The van der Waals surface area contributed by atoms with Gasteiger partial charge < -0.3 is 14.4 Å². The molecule has 0 spiro atoms. The van der Waals surface area contributed by atoms with Gasteiger partial charge in [0.2, 0.25) is 5.91 Å². The Morgan fingerprint density at radius 3 is 2.58 bits per heavy atom. The van der Waals surface area contributed by atoms with Crippen LogP contribution in [0.3, 0.4) is 0 Å². The fourth-order valence-corrected chi connectivity index (χ4v) is 3.01. The smallest absolute Gasteiger partial charge is 0.246 e. The number of furan rings is 1. The number of carbonyl (C=O) groups is 1. The molecule has 1 N–H and O–H groups in total. The van der Waals surface area contributed by atoms with Crippen molar-refractivity contribution < 1.29 is 18.7 Å². The monoisotopic (exact) mass is 329 g/mol. The number of likely N-dealkylation sites (tertiary alicyclic amines) is 1. The van der Waals surface area contributed by atoms with Crippen molar-refractivity contribution in [2.24, 2.45) is 5.92 Å². The van der Waals surface area contributed by atoms with Crippen LogP contribution in [0.1, 0.15) is 30.3 Å². The molecule has 2 heterocycles. The fraction of sp³-hybridized carbons (Fsp3) is 0.316. The maximum absolute atomic E-state index is 13.0. The number of nitrogens with zero attached hydrogens (tertiary/aromatic N) is 1. The van der Waals surface area contributed by atoms with Crippen molar-refractivity contribution in [2.75, 3.05) is 13.1 Å². The van der Waals surface area contributed by atoms with E-state index in [0.717, 1.165) is 18.4 Å². The van der Waals surface area contributed by atoms with Gasteiger partial charge >= 0.3 is 0 Å². The molecule has 24 heavy (non-hydrogen) atoms. The molecule has 1 atom stereocenters. The SMILES string of the molecule is O=C(/C=C/c1ccco1)N1CCC(C(O)c2ccc(F)cc2)CC1. The van der Waals surface area contributed by atoms with Crippen LogP contribution in [0.5, 0.6) is 0 Å². The summed E-state index contributed by atoms with van der Waals surface area (Å²) < 4.78 is 18.1. The van der Waals surface area contributed by atoms with E-state index in [2.05, 4.69) is 0 Å². The zero-order chi connectivity index (χ0) is 16.9. The summed E-state index contributed by atoms with van der Waals surface area (Å²) in [5.74, 6) is 0.356. The van der Waals surface area contributed by atoms with E-state index in [1.165, 1.54) is 18.2 Å². The molecule has 1 fully saturated rings. The molecule has 1 aliphatic heterocycles. The Labute approximate surface area is 140 Å². The molecule has 0 bridgehead atoms. The summed E-state index contributed by atoms with van der Waals surface area (Å²) in [6.07, 6.45) is 5.54. The molecule has 0 saturated carbocycles. The molecule has 2 aromatic rings. The second kappa shape index (κ2) is 7.45. The van der Waals surface area contributed by atoms with E-state index >= 15 is 0 Å². The van der Waals surface area contributed by atoms with Crippen LogP contribution < -0.4 is 0 Å². The van der Waals surface area contributed by atoms with Crippen LogP contribution in [-0.4, -0.2) is 29.0 Å². The lowest BCUT2D eigenvalue weighted by molar-refractivity contribution is -0.127. The Morgan fingerprint density at radius 2 is 1.96 bits per heavy atom. The van der Waals surface area contributed by atoms with Gasteiger partial charge in [0.25, 0.3) is 0 Å². The van der Waals surface area contributed by atoms with Crippen LogP contribution >= 0.6 is 0 Å². The van der Waals surface area contributed by atoms with Gasteiger partial charge in [-0.3, -0.25) is 4.79 Å². The summed E-state index contributed by atoms with van der Waals surface area (Å²) in [4.78, 5) is 13.9. The highest BCUT2D eigenvalue weighted by atomic mass is 19.1. The third-order valence-electron chi connectivity index (χ3n) is 4.44. The van der Waals surface area contributed by atoms with Gasteiger partial charge in [-0.25, -0.2) is 4.39 Å². The van der Waals surface area contributed by atoms with E-state index in [0.29, 0.717) is 18.8 Å². The van der Waals surface area contributed by atoms with Gasteiger partial charge in [0.1, 0.15) is 11.6 Å². The molecule has 1 unspecified atom stereocenters. The zero-order valence-electron chi connectivity index (χ0n) is 13.3. The topological polar surface area (TPSA) is 53.7 Å². The molecule has 1 saturated heterocycles. The first kappa shape index (κ1) is 16.5. The van der Waals surface area contributed by atoms with Crippen LogP contribution in [0, 0.1) is 11.7 Å². The summed E-state index contributed by atoms with van der Waals surface area (Å²) in [6, 6.07) is 9.50. The lowest BCUT2D eigenvalue weighted by Gasteiger charge is -2.33. The van der Waals surface area contributed by atoms with Crippen molar-refractivity contribution in [1.82, 2.24) is 4.90 Å². The van der Waals surface area contributed by atoms with Crippen molar-refractivity contribution in [2.45, 2.75) is 18.9 Å². The summed E-state index contributed by atoms with van der Waals surface area (Å²) in [6.45, 7) is 1.20. The van der Waals surface area contributed by atoms with Gasteiger partial charge in [0, 0.05) is 19.2 Å². The van der Waals surface area contributed by atoms with E-state index in [1.54, 1.807) is 41.5 Å². The number of amides is 1. The minimum Gasteiger partial charge on any atom is -0.465 e. The number of halogens is 1. The van der Waals surface area contributed by atoms with Crippen LogP contribution in [-0.2, 0) is 4.79 Å². The van der Waals surface area contributed by atoms with Crippen molar-refractivity contribution in [1.29, 1.82) is 0 Å². The maximum atomic E-state index is 13.0. The second-order valence-corrected chi connectivity index (χ2v) is 6.01. The number of aliphatic hydroxyl groups excluding tert-OH is 1. The standard InChI is InChI=1S/C19H20FNO3/c20-16-5-3-14(4-6-16)19(23)15-9-11-21(12-10-15)18(22)8-7-17-2-1-13-24-17/h1-8,13,15,19,23H,9-12H2/b8-7+. The second-order valence-electron chi connectivity index (χ2n) is 6.01. The van der Waals surface area contributed by atoms with E-state index in [4.69, 9.17) is 4.42 Å². The Morgan fingerprint density at radius 1 is 1.25 bits per heavy atom. The van der Waals surface area contributed by atoms with Crippen LogP contribution in [0.2, 0.25) is 0 Å². The lowest BCUT2D eigenvalue weighted by atomic mass is 9.87. The number of hydrogen-bond acceptors (Lipinski definition) is 3. The summed E-state index contributed by atoms with van der Waals surface area (Å²) in [7, 11) is 0. The first-order chi connectivity index (χ1) is 11.6. The molecule has 4 nitrogen and oxygen atoms in total. The molecule has 0 aliphatic carbocycles. The molecular formula is C19H20FNO3. The largest absolute Gasteiger partial charge is 0.465 e. The number of aliphatic hydroxyl groups is 1. The van der Waals surface area contributed by atoms with Gasteiger partial charge in [-0.05, 0) is 54.7 Å². The molecule has 0 radical (unpaired) electrons. The number of benzene rings is 1. The third kappa shape index (κ3) is 3.92. The summed E-state index contributed by atoms with van der Waals surface area (Å²) in [5, 5.41) is 10.4. The molecule has 126 valence electrons. The van der Waals surface area contributed by atoms with Crippen molar-refractivity contribution in [3.8, 4) is 0 Å². The third-order valence-corrected chi connectivity index (χ3v) is 4.44. The minimum atomic E-state index is -0.624. The van der Waals surface area contributed by atoms with Crippen LogP contribution in [0.4, 0.5) is 4.39 Å². The number of piperidine rings is 1. The Kier molecular flexibility index (Phi) is 5.11. The first-order valence-electron chi connectivity index (χ1n) is 8.07. The first-order valence-corrected chi connectivity index (χ1v) is 8.07. The number of carbonyl (C=O) groups excluding carboxylic acids is 1. The Hall–Kier alpha value is -2.40. The number of rotatable bonds is 4. The zero-order valence-corrected chi connectivity index (χ0v) is 13.3. The summed E-state index contributed by atoms with van der Waals surface area (Å²) >= 11 is 0. The quantitative estimate of drug-likeness (QED) is 0.875. The molecule has 3 rings (SSSR count). The molecular weight excluding hydrogens is 309 g/mol. The predicted molar refractivity (Wildman–Crippen MR) is 88.4 cm³/mol. The molecule has 1 aromatic carbocycles. The van der Waals surface area contributed by atoms with E-state index in [-0.39, 0.29) is 17.6 Å². The van der Waals surface area contributed by atoms with Gasteiger partial charge in [-0.2, -0.15) is 0 Å². The minimum absolute atomic E-state index is 0.0545. The Balaban J connectivity index is 1.53. The summed E-state index contributed by atoms with van der Waals surface area (Å²) in [5.41, 5.74) is 0.721. The van der Waals surface area contributed by atoms with Gasteiger partial charge in [0.05, 0.1) is 12.4 Å². The highest BCUT2D eigenvalue weighted by Gasteiger charge is 2.27. The van der Waals surface area contributed by atoms with Crippen LogP contribution in [0.25, 0.3) is 6.08 Å². The van der Waals surface area contributed by atoms with Crippen molar-refractivity contribution in [3.63, 3.8) is 0 Å². The average molecular weight is 329 g/mol. The van der Waals surface area contributed by atoms with Crippen LogP contribution in [0.15, 0.2) is 53.2 Å². The Bertz CT molecular complexity index is 686. The maximum Gasteiger partial charge on any atom is 0.246 e. The van der Waals surface area contributed by atoms with E-state index in [9.17, 15) is 14.3 Å². The molecule has 5 heteroatoms. The average Bonchev–Trinajstić information content (AvgIpc) is 3.13. The molecule has 1 aromatic heterocycles. The normalized spacial score (nSPS) is 17.3. The predicted octanol–water partition coefficient (Wildman–Crippen LogP) is 3.40. The van der Waals surface area contributed by atoms with Gasteiger partial charge in [0.15, 0.2) is 0 Å². The van der Waals surface area contributed by atoms with Gasteiger partial charge in [-0.1, -0.05) is 12.1 Å². The number of hydrogen-bond donors (Lipinski definition) is 1. The van der Waals surface area contributed by atoms with Crippen molar-refractivity contribution in [3.05, 3.63) is 65.9 Å². The molecule has 1 aliphatic rings. The highest BCUT2D eigenvalue weighted by Crippen LogP contribution is 2.30. The van der Waals surface area contributed by atoms with Gasteiger partial charge in [-0.15, -0.1) is 0 Å². The van der Waals surface area contributed by atoms with E-state index < -0.39 is 6.10 Å². The van der Waals surface area contributed by atoms with Crippen molar-refractivity contribution >= 4 is 12.0 Å². The van der Waals surface area contributed by atoms with E-state index in [1.807, 2.05) is 0 Å². The lowest BCUT2D eigenvalue weighted by Crippen LogP contribution is -2.38. The fourth-order valence-electron chi connectivity index (χ4n) is 3.01.